The van der Waals surface area contributed by atoms with Crippen LogP contribution in [0.4, 0.5) is 5.82 Å². The standard InChI is InChI=1S/C23H22N4OS/c1-15-12-27(13-16(2)28-15)22-20-19(17-7-4-3-5-8-17)14-29-23(20)26-21(25-22)18-9-6-10-24-11-18/h3-11,14-16H,12-13H2,1-2H3/t15-,16-/m0/s1. The van der Waals surface area contributed by atoms with Crippen molar-refractivity contribution in [3.63, 3.8) is 0 Å². The number of rotatable bonds is 3. The van der Waals surface area contributed by atoms with Gasteiger partial charge < -0.3 is 9.64 Å². The first-order valence-electron chi connectivity index (χ1n) is 9.84. The Morgan fingerprint density at radius 2 is 1.72 bits per heavy atom. The Labute approximate surface area is 174 Å². The number of anilines is 1. The molecular weight excluding hydrogens is 380 g/mol. The minimum Gasteiger partial charge on any atom is -0.372 e. The topological polar surface area (TPSA) is 51.1 Å². The molecule has 0 radical (unpaired) electrons. The Kier molecular flexibility index (Phi) is 4.73. The van der Waals surface area contributed by atoms with Crippen molar-refractivity contribution in [1.29, 1.82) is 0 Å². The van der Waals surface area contributed by atoms with Gasteiger partial charge in [0.05, 0.1) is 17.6 Å². The Morgan fingerprint density at radius 1 is 0.966 bits per heavy atom. The number of aromatic nitrogens is 3. The Hall–Kier alpha value is -2.83. The van der Waals surface area contributed by atoms with Gasteiger partial charge in [0.2, 0.25) is 0 Å². The van der Waals surface area contributed by atoms with Crippen molar-refractivity contribution >= 4 is 27.4 Å². The van der Waals surface area contributed by atoms with Crippen LogP contribution in [0.5, 0.6) is 0 Å². The first-order valence-corrected chi connectivity index (χ1v) is 10.7. The van der Waals surface area contributed by atoms with Crippen molar-refractivity contribution in [3.05, 3.63) is 60.2 Å². The van der Waals surface area contributed by atoms with Gasteiger partial charge in [0, 0.05) is 42.0 Å². The Bertz CT molecular complexity index is 1120. The molecule has 4 aromatic rings. The highest BCUT2D eigenvalue weighted by Crippen LogP contribution is 2.40. The highest BCUT2D eigenvalue weighted by Gasteiger charge is 2.27. The van der Waals surface area contributed by atoms with Gasteiger partial charge in [-0.05, 0) is 31.5 Å². The average Bonchev–Trinajstić information content (AvgIpc) is 3.18. The first kappa shape index (κ1) is 18.2. The predicted octanol–water partition coefficient (Wildman–Crippen LogP) is 5.03. The van der Waals surface area contributed by atoms with Crippen molar-refractivity contribution in [3.8, 4) is 22.5 Å². The van der Waals surface area contributed by atoms with Gasteiger partial charge >= 0.3 is 0 Å². The number of hydrogen-bond donors (Lipinski definition) is 0. The first-order chi connectivity index (χ1) is 14.2. The molecule has 0 aliphatic carbocycles. The molecule has 1 aliphatic heterocycles. The van der Waals surface area contributed by atoms with Crippen LogP contribution in [-0.2, 0) is 4.74 Å². The van der Waals surface area contributed by atoms with Gasteiger partial charge in [0.15, 0.2) is 5.82 Å². The summed E-state index contributed by atoms with van der Waals surface area (Å²) in [6.45, 7) is 5.86. The molecule has 0 unspecified atom stereocenters. The zero-order valence-electron chi connectivity index (χ0n) is 16.4. The summed E-state index contributed by atoms with van der Waals surface area (Å²) < 4.78 is 5.97. The maximum Gasteiger partial charge on any atom is 0.164 e. The van der Waals surface area contributed by atoms with Crippen LogP contribution in [0.2, 0.25) is 0 Å². The Morgan fingerprint density at radius 3 is 2.45 bits per heavy atom. The van der Waals surface area contributed by atoms with E-state index >= 15 is 0 Å². The van der Waals surface area contributed by atoms with Gasteiger partial charge in [-0.1, -0.05) is 30.3 Å². The highest BCUT2D eigenvalue weighted by atomic mass is 32.1. The molecule has 0 amide bonds. The van der Waals surface area contributed by atoms with E-state index in [0.29, 0.717) is 5.82 Å². The van der Waals surface area contributed by atoms with Crippen molar-refractivity contribution in [2.45, 2.75) is 26.1 Å². The number of benzene rings is 1. The maximum atomic E-state index is 5.97. The maximum absolute atomic E-state index is 5.97. The molecule has 0 N–H and O–H groups in total. The smallest absolute Gasteiger partial charge is 0.164 e. The molecule has 0 saturated carbocycles. The number of thiophene rings is 1. The molecule has 1 fully saturated rings. The number of ether oxygens (including phenoxy) is 1. The van der Waals surface area contributed by atoms with E-state index in [1.165, 1.54) is 11.1 Å². The van der Waals surface area contributed by atoms with Gasteiger partial charge in [-0.25, -0.2) is 9.97 Å². The second-order valence-electron chi connectivity index (χ2n) is 7.47. The molecule has 5 rings (SSSR count). The number of pyridine rings is 1. The Balaban J connectivity index is 1.73. The monoisotopic (exact) mass is 402 g/mol. The van der Waals surface area contributed by atoms with Gasteiger partial charge in [-0.3, -0.25) is 4.98 Å². The third-order valence-electron chi connectivity index (χ3n) is 5.14. The minimum atomic E-state index is 0.157. The summed E-state index contributed by atoms with van der Waals surface area (Å²) in [4.78, 5) is 17.5. The van der Waals surface area contributed by atoms with Gasteiger partial charge in [0.25, 0.3) is 0 Å². The van der Waals surface area contributed by atoms with Crippen LogP contribution >= 0.6 is 11.3 Å². The summed E-state index contributed by atoms with van der Waals surface area (Å²) in [6.07, 6.45) is 3.91. The van der Waals surface area contributed by atoms with Crippen molar-refractivity contribution in [2.24, 2.45) is 0 Å². The lowest BCUT2D eigenvalue weighted by Gasteiger charge is -2.36. The van der Waals surface area contributed by atoms with Crippen LogP contribution in [0.3, 0.4) is 0 Å². The van der Waals surface area contributed by atoms with E-state index in [4.69, 9.17) is 14.7 Å². The van der Waals surface area contributed by atoms with E-state index in [0.717, 1.165) is 34.7 Å². The highest BCUT2D eigenvalue weighted by molar-refractivity contribution is 7.17. The second kappa shape index (κ2) is 7.54. The fourth-order valence-corrected chi connectivity index (χ4v) is 4.90. The molecule has 146 valence electrons. The number of fused-ring (bicyclic) bond motifs is 1. The lowest BCUT2D eigenvalue weighted by Crippen LogP contribution is -2.46. The molecule has 1 saturated heterocycles. The third kappa shape index (κ3) is 3.50. The molecule has 1 aliphatic rings. The molecule has 0 spiro atoms. The summed E-state index contributed by atoms with van der Waals surface area (Å²) in [5, 5.41) is 3.31. The zero-order chi connectivity index (χ0) is 19.8. The van der Waals surface area contributed by atoms with Crippen LogP contribution in [0.25, 0.3) is 32.7 Å². The number of nitrogens with zero attached hydrogens (tertiary/aromatic N) is 4. The molecule has 29 heavy (non-hydrogen) atoms. The van der Waals surface area contributed by atoms with E-state index in [2.05, 4.69) is 53.4 Å². The lowest BCUT2D eigenvalue weighted by atomic mass is 10.1. The summed E-state index contributed by atoms with van der Waals surface area (Å²) in [5.41, 5.74) is 3.30. The van der Waals surface area contributed by atoms with Crippen LogP contribution in [0.1, 0.15) is 13.8 Å². The largest absolute Gasteiger partial charge is 0.372 e. The SMILES string of the molecule is C[C@H]1CN(c2nc(-c3cccnc3)nc3scc(-c4ccccc4)c23)C[C@H](C)O1. The van der Waals surface area contributed by atoms with Crippen molar-refractivity contribution in [1.82, 2.24) is 15.0 Å². The van der Waals surface area contributed by atoms with E-state index < -0.39 is 0 Å². The van der Waals surface area contributed by atoms with Crippen LogP contribution < -0.4 is 4.90 Å². The van der Waals surface area contributed by atoms with Crippen LogP contribution in [0.15, 0.2) is 60.2 Å². The molecule has 4 heterocycles. The molecule has 1 aromatic carbocycles. The molecular formula is C23H22N4OS. The molecule has 3 aromatic heterocycles. The summed E-state index contributed by atoms with van der Waals surface area (Å²) in [6, 6.07) is 14.4. The minimum absolute atomic E-state index is 0.157. The molecule has 5 nitrogen and oxygen atoms in total. The average molecular weight is 403 g/mol. The van der Waals surface area contributed by atoms with Crippen molar-refractivity contribution < 1.29 is 4.74 Å². The van der Waals surface area contributed by atoms with Gasteiger partial charge in [0.1, 0.15) is 10.6 Å². The second-order valence-corrected chi connectivity index (χ2v) is 8.33. The molecule has 0 bridgehead atoms. The fraction of sp³-hybridized carbons (Fsp3) is 0.261. The van der Waals surface area contributed by atoms with E-state index in [1.807, 2.05) is 24.4 Å². The number of hydrogen-bond acceptors (Lipinski definition) is 6. The lowest BCUT2D eigenvalue weighted by molar-refractivity contribution is -0.00536. The zero-order valence-corrected chi connectivity index (χ0v) is 17.3. The normalized spacial score (nSPS) is 19.6. The molecule has 6 heteroatoms. The van der Waals surface area contributed by atoms with Crippen molar-refractivity contribution in [2.75, 3.05) is 18.0 Å². The predicted molar refractivity (Wildman–Crippen MR) is 118 cm³/mol. The van der Waals surface area contributed by atoms with Gasteiger partial charge in [-0.15, -0.1) is 11.3 Å². The summed E-state index contributed by atoms with van der Waals surface area (Å²) in [7, 11) is 0. The van der Waals surface area contributed by atoms with Crippen LogP contribution in [-0.4, -0.2) is 40.2 Å². The van der Waals surface area contributed by atoms with E-state index in [1.54, 1.807) is 17.5 Å². The number of morpholine rings is 1. The summed E-state index contributed by atoms with van der Waals surface area (Å²) >= 11 is 1.67. The fourth-order valence-electron chi connectivity index (χ4n) is 3.96. The van der Waals surface area contributed by atoms with E-state index in [9.17, 15) is 0 Å². The van der Waals surface area contributed by atoms with Crippen LogP contribution in [0, 0.1) is 0 Å². The third-order valence-corrected chi connectivity index (χ3v) is 6.01. The molecule has 2 atom stereocenters. The quantitative estimate of drug-likeness (QED) is 0.481. The van der Waals surface area contributed by atoms with E-state index in [-0.39, 0.29) is 12.2 Å². The van der Waals surface area contributed by atoms with Gasteiger partial charge in [-0.2, -0.15) is 0 Å². The summed E-state index contributed by atoms with van der Waals surface area (Å²) in [5.74, 6) is 1.70.